The van der Waals surface area contributed by atoms with E-state index in [1.54, 1.807) is 0 Å². The number of ether oxygens (including phenoxy) is 1. The molecule has 3 rings (SSSR count). The normalized spacial score (nSPS) is 25.6. The van der Waals surface area contributed by atoms with Gasteiger partial charge in [0.15, 0.2) is 5.89 Å². The molecule has 140 valence electrons. The highest BCUT2D eigenvalue weighted by Crippen LogP contribution is 2.29. The predicted octanol–water partition coefficient (Wildman–Crippen LogP) is 2.41. The van der Waals surface area contributed by atoms with Crippen LogP contribution in [0.5, 0.6) is 0 Å². The molecule has 1 aromatic rings. The first-order chi connectivity index (χ1) is 12.0. The highest BCUT2D eigenvalue weighted by Gasteiger charge is 2.39. The van der Waals surface area contributed by atoms with Crippen molar-refractivity contribution >= 4 is 5.91 Å². The maximum Gasteiger partial charge on any atom is 0.289 e. The van der Waals surface area contributed by atoms with Crippen molar-refractivity contribution in [1.82, 2.24) is 15.2 Å². The number of hydrogen-bond acceptors (Lipinski definition) is 5. The molecule has 2 aliphatic rings. The van der Waals surface area contributed by atoms with E-state index in [0.717, 1.165) is 39.1 Å². The minimum absolute atomic E-state index is 0.130. The van der Waals surface area contributed by atoms with Crippen molar-refractivity contribution in [3.63, 3.8) is 0 Å². The summed E-state index contributed by atoms with van der Waals surface area (Å²) in [6, 6.07) is 0.737. The fourth-order valence-electron chi connectivity index (χ4n) is 4.09. The van der Waals surface area contributed by atoms with Crippen LogP contribution in [0.15, 0.2) is 4.42 Å². The van der Waals surface area contributed by atoms with Gasteiger partial charge in [0.05, 0.1) is 5.69 Å². The van der Waals surface area contributed by atoms with Gasteiger partial charge in [0.25, 0.3) is 5.91 Å². The molecule has 0 unspecified atom stereocenters. The van der Waals surface area contributed by atoms with Gasteiger partial charge in [0.2, 0.25) is 5.76 Å². The monoisotopic (exact) mass is 349 g/mol. The fourth-order valence-corrected chi connectivity index (χ4v) is 4.09. The molecule has 2 saturated heterocycles. The number of nitrogens with zero attached hydrogens (tertiary/aromatic N) is 2. The van der Waals surface area contributed by atoms with E-state index in [4.69, 9.17) is 9.15 Å². The van der Waals surface area contributed by atoms with Gasteiger partial charge in [-0.15, -0.1) is 0 Å². The molecule has 3 heterocycles. The first kappa shape index (κ1) is 18.4. The van der Waals surface area contributed by atoms with Crippen molar-refractivity contribution < 1.29 is 13.9 Å². The molecule has 6 heteroatoms. The van der Waals surface area contributed by atoms with Gasteiger partial charge >= 0.3 is 0 Å². The predicted molar refractivity (Wildman–Crippen MR) is 95.6 cm³/mol. The molecule has 0 aliphatic carbocycles. The lowest BCUT2D eigenvalue weighted by molar-refractivity contribution is 0.0401. The van der Waals surface area contributed by atoms with Crippen molar-refractivity contribution in [3.05, 3.63) is 17.3 Å². The van der Waals surface area contributed by atoms with Gasteiger partial charge in [-0.2, -0.15) is 0 Å². The largest absolute Gasteiger partial charge is 0.435 e. The average molecular weight is 349 g/mol. The molecule has 0 aromatic carbocycles. The highest BCUT2D eigenvalue weighted by molar-refractivity contribution is 5.92. The number of nitrogens with one attached hydrogen (secondary N) is 1. The van der Waals surface area contributed by atoms with Crippen LogP contribution in [0, 0.1) is 18.8 Å². The molecule has 1 aromatic heterocycles. The van der Waals surface area contributed by atoms with Crippen LogP contribution in [0.4, 0.5) is 0 Å². The van der Waals surface area contributed by atoms with Gasteiger partial charge in [0.1, 0.15) is 0 Å². The second kappa shape index (κ2) is 7.87. The summed E-state index contributed by atoms with van der Waals surface area (Å²) in [5.74, 6) is 1.84. The molecule has 2 fully saturated rings. The van der Waals surface area contributed by atoms with Gasteiger partial charge in [-0.25, -0.2) is 4.98 Å². The number of rotatable bonds is 5. The Kier molecular flexibility index (Phi) is 5.79. The average Bonchev–Trinajstić information content (AvgIpc) is 3.19. The van der Waals surface area contributed by atoms with E-state index in [9.17, 15) is 4.79 Å². The van der Waals surface area contributed by atoms with Crippen LogP contribution in [0.3, 0.4) is 0 Å². The van der Waals surface area contributed by atoms with E-state index in [-0.39, 0.29) is 11.9 Å². The maximum atomic E-state index is 12.7. The Balaban J connectivity index is 1.68. The summed E-state index contributed by atoms with van der Waals surface area (Å²) in [4.78, 5) is 19.6. The number of carbonyl (C=O) groups excluding carboxylic acids is 1. The Morgan fingerprint density at radius 1 is 1.32 bits per heavy atom. The lowest BCUT2D eigenvalue weighted by Gasteiger charge is -2.31. The second-order valence-electron chi connectivity index (χ2n) is 7.66. The quantitative estimate of drug-likeness (QED) is 0.884. The number of likely N-dealkylation sites (tertiary alicyclic amines) is 1. The minimum atomic E-state index is -0.130. The smallest absolute Gasteiger partial charge is 0.289 e. The van der Waals surface area contributed by atoms with Crippen LogP contribution in [0.1, 0.15) is 55.8 Å². The minimum Gasteiger partial charge on any atom is -0.435 e. The second-order valence-corrected chi connectivity index (χ2v) is 7.66. The molecule has 1 amide bonds. The molecule has 2 atom stereocenters. The van der Waals surface area contributed by atoms with Crippen LogP contribution in [0.2, 0.25) is 0 Å². The van der Waals surface area contributed by atoms with Crippen molar-refractivity contribution in [2.45, 2.75) is 59.0 Å². The zero-order valence-electron chi connectivity index (χ0n) is 15.9. The lowest BCUT2D eigenvalue weighted by atomic mass is 9.91. The van der Waals surface area contributed by atoms with E-state index in [1.165, 1.54) is 0 Å². The Morgan fingerprint density at radius 3 is 2.64 bits per heavy atom. The van der Waals surface area contributed by atoms with Crippen LogP contribution in [-0.2, 0) is 11.2 Å². The van der Waals surface area contributed by atoms with Crippen LogP contribution in [-0.4, -0.2) is 54.2 Å². The zero-order chi connectivity index (χ0) is 18.0. The van der Waals surface area contributed by atoms with E-state index in [0.29, 0.717) is 41.6 Å². The molecule has 6 nitrogen and oxygen atoms in total. The van der Waals surface area contributed by atoms with Gasteiger partial charge in [0, 0.05) is 44.8 Å². The third kappa shape index (κ3) is 4.06. The van der Waals surface area contributed by atoms with Crippen molar-refractivity contribution in [2.24, 2.45) is 11.8 Å². The molecule has 0 bridgehead atoms. The number of aryl methyl sites for hydroxylation is 2. The number of amides is 1. The molecular weight excluding hydrogens is 318 g/mol. The van der Waals surface area contributed by atoms with Crippen LogP contribution < -0.4 is 5.32 Å². The molecule has 1 N–H and O–H groups in total. The van der Waals surface area contributed by atoms with Crippen LogP contribution in [0.25, 0.3) is 0 Å². The first-order valence-corrected chi connectivity index (χ1v) is 9.58. The van der Waals surface area contributed by atoms with E-state index >= 15 is 0 Å². The molecule has 0 radical (unpaired) electrons. The first-order valence-electron chi connectivity index (χ1n) is 9.58. The Hall–Kier alpha value is -1.40. The Morgan fingerprint density at radius 2 is 2.04 bits per heavy atom. The maximum absolute atomic E-state index is 12.7. The summed E-state index contributed by atoms with van der Waals surface area (Å²) in [6.07, 6.45) is 2.88. The van der Waals surface area contributed by atoms with Crippen molar-refractivity contribution in [3.8, 4) is 0 Å². The highest BCUT2D eigenvalue weighted by atomic mass is 16.5. The van der Waals surface area contributed by atoms with Gasteiger partial charge < -0.3 is 14.5 Å². The van der Waals surface area contributed by atoms with E-state index < -0.39 is 0 Å². The summed E-state index contributed by atoms with van der Waals surface area (Å²) in [7, 11) is 0. The fraction of sp³-hybridized carbons (Fsp3) is 0.789. The summed E-state index contributed by atoms with van der Waals surface area (Å²) in [5, 5.41) is 3.23. The third-order valence-corrected chi connectivity index (χ3v) is 5.62. The molecular formula is C19H31N3O3. The number of oxazole rings is 1. The van der Waals surface area contributed by atoms with E-state index in [1.807, 2.05) is 13.8 Å². The Bertz CT molecular complexity index is 593. The Labute approximate surface area is 150 Å². The number of carbonyl (C=O) groups is 1. The van der Waals surface area contributed by atoms with E-state index in [2.05, 4.69) is 29.0 Å². The molecule has 0 spiro atoms. The standard InChI is InChI=1S/C19H31N3O3/c1-5-17-20-13(4)18(25-17)19(23)21-16-11-22(10-15(16)12(2)3)14-6-8-24-9-7-14/h12,14-16H,5-11H2,1-4H3,(H,21,23)/t15-,16+/m0/s1. The topological polar surface area (TPSA) is 67.6 Å². The molecule has 25 heavy (non-hydrogen) atoms. The molecule has 2 aliphatic heterocycles. The number of hydrogen-bond donors (Lipinski definition) is 1. The zero-order valence-corrected chi connectivity index (χ0v) is 15.9. The van der Waals surface area contributed by atoms with Crippen molar-refractivity contribution in [2.75, 3.05) is 26.3 Å². The summed E-state index contributed by atoms with van der Waals surface area (Å²) >= 11 is 0. The van der Waals surface area contributed by atoms with Crippen molar-refractivity contribution in [1.29, 1.82) is 0 Å². The summed E-state index contributed by atoms with van der Waals surface area (Å²) in [5.41, 5.74) is 0.676. The summed E-state index contributed by atoms with van der Waals surface area (Å²) in [6.45, 7) is 11.9. The lowest BCUT2D eigenvalue weighted by Crippen LogP contribution is -2.43. The van der Waals surface area contributed by atoms with Gasteiger partial charge in [-0.05, 0) is 31.6 Å². The third-order valence-electron chi connectivity index (χ3n) is 5.62. The van der Waals surface area contributed by atoms with Crippen LogP contribution >= 0.6 is 0 Å². The molecule has 0 saturated carbocycles. The number of aromatic nitrogens is 1. The van der Waals surface area contributed by atoms with Gasteiger partial charge in [-0.1, -0.05) is 20.8 Å². The summed E-state index contributed by atoms with van der Waals surface area (Å²) < 4.78 is 11.1. The van der Waals surface area contributed by atoms with Gasteiger partial charge in [-0.3, -0.25) is 9.69 Å². The SMILES string of the molecule is CCc1nc(C)c(C(=O)N[C@@H]2CN(C3CCOCC3)C[C@H]2C(C)C)o1.